The first-order valence-electron chi connectivity index (χ1n) is 3.93. The molecule has 0 aromatic carbocycles. The molecule has 0 spiro atoms. The lowest BCUT2D eigenvalue weighted by molar-refractivity contribution is -0.0318. The van der Waals surface area contributed by atoms with Gasteiger partial charge >= 0.3 is 0 Å². The molecule has 3 heteroatoms. The third kappa shape index (κ3) is 6.23. The van der Waals surface area contributed by atoms with Crippen LogP contribution in [0.1, 0.15) is 40.0 Å². The Bertz CT molecular complexity index is 116. The average Bonchev–Trinajstić information content (AvgIpc) is 1.55. The van der Waals surface area contributed by atoms with Crippen molar-refractivity contribution in [3.05, 3.63) is 0 Å². The molecule has 0 aliphatic rings. The van der Waals surface area contributed by atoms with E-state index in [-0.39, 0.29) is 12.8 Å². The maximum absolute atomic E-state index is 12.8. The number of alkyl halides is 2. The molecule has 0 heterocycles. The zero-order valence-electron chi connectivity index (χ0n) is 7.45. The molecule has 0 fully saturated rings. The second-order valence-electron chi connectivity index (χ2n) is 3.77. The van der Waals surface area contributed by atoms with E-state index in [1.54, 1.807) is 20.8 Å². The molecule has 0 rings (SSSR count). The predicted molar refractivity (Wildman–Crippen MR) is 42.7 cm³/mol. The van der Waals surface area contributed by atoms with E-state index in [0.717, 1.165) is 0 Å². The Balaban J connectivity index is 3.91. The largest absolute Gasteiger partial charge is 0.325 e. The van der Waals surface area contributed by atoms with Crippen LogP contribution >= 0.6 is 0 Å². The van der Waals surface area contributed by atoms with E-state index in [0.29, 0.717) is 6.42 Å². The molecule has 0 saturated carbocycles. The van der Waals surface area contributed by atoms with Crippen LogP contribution in [-0.4, -0.2) is 11.5 Å². The topological polar surface area (TPSA) is 26.0 Å². The number of nitrogens with two attached hydrogens (primary N) is 1. The molecule has 0 radical (unpaired) electrons. The lowest BCUT2D eigenvalue weighted by atomic mass is 9.95. The van der Waals surface area contributed by atoms with Crippen LogP contribution in [-0.2, 0) is 0 Å². The molecule has 68 valence electrons. The quantitative estimate of drug-likeness (QED) is 0.680. The summed E-state index contributed by atoms with van der Waals surface area (Å²) in [6.45, 7) is 4.99. The molecule has 1 nitrogen and oxygen atoms in total. The minimum atomic E-state index is -2.59. The monoisotopic (exact) mass is 165 g/mol. The Morgan fingerprint density at radius 3 is 2.00 bits per heavy atom. The first kappa shape index (κ1) is 10.8. The Kier molecular flexibility index (Phi) is 3.42. The van der Waals surface area contributed by atoms with Crippen LogP contribution in [0.2, 0.25) is 0 Å². The zero-order valence-corrected chi connectivity index (χ0v) is 7.45. The Labute approximate surface area is 67.0 Å². The highest BCUT2D eigenvalue weighted by molar-refractivity contribution is 4.80. The highest BCUT2D eigenvalue weighted by atomic mass is 19.3. The molecule has 0 aliphatic heterocycles. The fraction of sp³-hybridized carbons (Fsp3) is 1.00. The van der Waals surface area contributed by atoms with Crippen molar-refractivity contribution in [1.29, 1.82) is 0 Å². The van der Waals surface area contributed by atoms with Gasteiger partial charge in [-0.1, -0.05) is 13.3 Å². The highest BCUT2D eigenvalue weighted by Gasteiger charge is 2.33. The van der Waals surface area contributed by atoms with Gasteiger partial charge in [0.1, 0.15) is 0 Å². The van der Waals surface area contributed by atoms with E-state index in [9.17, 15) is 8.78 Å². The van der Waals surface area contributed by atoms with Gasteiger partial charge in [0, 0.05) is 18.4 Å². The van der Waals surface area contributed by atoms with E-state index in [1.807, 2.05) is 0 Å². The Hall–Kier alpha value is -0.180. The van der Waals surface area contributed by atoms with Crippen LogP contribution in [0.4, 0.5) is 8.78 Å². The maximum Gasteiger partial charge on any atom is 0.249 e. The number of hydrogen-bond donors (Lipinski definition) is 1. The van der Waals surface area contributed by atoms with Crippen molar-refractivity contribution < 1.29 is 8.78 Å². The van der Waals surface area contributed by atoms with Gasteiger partial charge in [-0.15, -0.1) is 0 Å². The lowest BCUT2D eigenvalue weighted by Gasteiger charge is -2.25. The number of hydrogen-bond acceptors (Lipinski definition) is 1. The van der Waals surface area contributed by atoms with Crippen LogP contribution < -0.4 is 5.73 Å². The summed E-state index contributed by atoms with van der Waals surface area (Å²) >= 11 is 0. The van der Waals surface area contributed by atoms with Gasteiger partial charge in [0.25, 0.3) is 0 Å². The minimum absolute atomic E-state index is 0.0619. The molecule has 0 aliphatic carbocycles. The van der Waals surface area contributed by atoms with Crippen molar-refractivity contribution in [1.82, 2.24) is 0 Å². The molecule has 0 bridgehead atoms. The van der Waals surface area contributed by atoms with Gasteiger partial charge in [0.05, 0.1) is 0 Å². The molecule has 0 saturated heterocycles. The highest BCUT2D eigenvalue weighted by Crippen LogP contribution is 2.28. The molecule has 2 N–H and O–H groups in total. The van der Waals surface area contributed by atoms with E-state index in [4.69, 9.17) is 5.73 Å². The average molecular weight is 165 g/mol. The van der Waals surface area contributed by atoms with E-state index in [2.05, 4.69) is 0 Å². The second-order valence-corrected chi connectivity index (χ2v) is 3.77. The minimum Gasteiger partial charge on any atom is -0.325 e. The van der Waals surface area contributed by atoms with E-state index in [1.165, 1.54) is 0 Å². The number of rotatable bonds is 4. The summed E-state index contributed by atoms with van der Waals surface area (Å²) in [6.07, 6.45) is 0.213. The molecule has 11 heavy (non-hydrogen) atoms. The van der Waals surface area contributed by atoms with Gasteiger partial charge in [0.2, 0.25) is 5.92 Å². The summed E-state index contributed by atoms with van der Waals surface area (Å²) in [6, 6.07) is 0. The van der Waals surface area contributed by atoms with Gasteiger partial charge in [-0.3, -0.25) is 0 Å². The molecule has 0 atom stereocenters. The summed E-state index contributed by atoms with van der Waals surface area (Å²) < 4.78 is 25.7. The zero-order chi connectivity index (χ0) is 9.12. The van der Waals surface area contributed by atoms with Crippen LogP contribution in [0.15, 0.2) is 0 Å². The summed E-state index contributed by atoms with van der Waals surface area (Å²) in [5.74, 6) is -2.59. The predicted octanol–water partition coefficient (Wildman–Crippen LogP) is 2.55. The van der Waals surface area contributed by atoms with E-state index < -0.39 is 11.5 Å². The molecule has 0 unspecified atom stereocenters. The summed E-state index contributed by atoms with van der Waals surface area (Å²) in [7, 11) is 0. The molecule has 0 aromatic rings. The fourth-order valence-electron chi connectivity index (χ4n) is 1.12. The Morgan fingerprint density at radius 1 is 1.27 bits per heavy atom. The van der Waals surface area contributed by atoms with Gasteiger partial charge in [-0.2, -0.15) is 0 Å². The van der Waals surface area contributed by atoms with Crippen LogP contribution in [0.5, 0.6) is 0 Å². The lowest BCUT2D eigenvalue weighted by Crippen LogP contribution is -2.39. The van der Waals surface area contributed by atoms with Crippen LogP contribution in [0, 0.1) is 0 Å². The van der Waals surface area contributed by atoms with E-state index >= 15 is 0 Å². The van der Waals surface area contributed by atoms with Gasteiger partial charge in [-0.05, 0) is 13.8 Å². The third-order valence-electron chi connectivity index (χ3n) is 1.33. The first-order valence-corrected chi connectivity index (χ1v) is 3.93. The van der Waals surface area contributed by atoms with Gasteiger partial charge < -0.3 is 5.73 Å². The van der Waals surface area contributed by atoms with Crippen molar-refractivity contribution in [2.45, 2.75) is 51.5 Å². The summed E-state index contributed by atoms with van der Waals surface area (Å²) in [5, 5.41) is 0. The number of halogens is 2. The normalized spacial score (nSPS) is 13.6. The maximum atomic E-state index is 12.8. The SMILES string of the molecule is CCCC(F)(F)CC(C)(C)N. The Morgan fingerprint density at radius 2 is 1.73 bits per heavy atom. The second kappa shape index (κ2) is 3.48. The standard InChI is InChI=1S/C8H17F2N/c1-4-5-8(9,10)6-7(2,3)11/h4-6,11H2,1-3H3. The van der Waals surface area contributed by atoms with Crippen molar-refractivity contribution in [2.75, 3.05) is 0 Å². The smallest absolute Gasteiger partial charge is 0.249 e. The van der Waals surface area contributed by atoms with Gasteiger partial charge in [0.15, 0.2) is 0 Å². The van der Waals surface area contributed by atoms with Crippen molar-refractivity contribution in [3.8, 4) is 0 Å². The van der Waals surface area contributed by atoms with Crippen molar-refractivity contribution in [2.24, 2.45) is 5.73 Å². The summed E-state index contributed by atoms with van der Waals surface area (Å²) in [4.78, 5) is 0. The van der Waals surface area contributed by atoms with Crippen LogP contribution in [0.25, 0.3) is 0 Å². The third-order valence-corrected chi connectivity index (χ3v) is 1.33. The first-order chi connectivity index (χ1) is 4.77. The molecule has 0 amide bonds. The van der Waals surface area contributed by atoms with Crippen LogP contribution in [0.3, 0.4) is 0 Å². The summed E-state index contributed by atoms with van der Waals surface area (Å²) in [5.41, 5.74) is 4.71. The molecule has 0 aromatic heterocycles. The molecular formula is C8H17F2N. The van der Waals surface area contributed by atoms with Gasteiger partial charge in [-0.25, -0.2) is 8.78 Å². The molecular weight excluding hydrogens is 148 g/mol. The van der Waals surface area contributed by atoms with Crippen molar-refractivity contribution >= 4 is 0 Å². The van der Waals surface area contributed by atoms with Crippen molar-refractivity contribution in [3.63, 3.8) is 0 Å². The fourth-order valence-corrected chi connectivity index (χ4v) is 1.12.